The lowest BCUT2D eigenvalue weighted by molar-refractivity contribution is -0.137. The molecule has 0 atom stereocenters. The molecule has 8 heteroatoms. The van der Waals surface area contributed by atoms with Crippen molar-refractivity contribution in [3.05, 3.63) is 62.4 Å². The first kappa shape index (κ1) is 16.0. The second kappa shape index (κ2) is 5.80. The Hall–Kier alpha value is -2.35. The Morgan fingerprint density at radius 1 is 1.14 bits per heavy atom. The number of rotatable bonds is 3. The third kappa shape index (κ3) is 2.82. The van der Waals surface area contributed by atoms with Crippen molar-refractivity contribution in [2.75, 3.05) is 0 Å². The molecule has 1 aromatic heterocycles. The molecular weight excluding hydrogens is 299 g/mol. The third-order valence-electron chi connectivity index (χ3n) is 3.25. The molecule has 1 heterocycles. The number of hydrogen-bond donors (Lipinski definition) is 1. The van der Waals surface area contributed by atoms with E-state index in [0.717, 1.165) is 21.3 Å². The minimum absolute atomic E-state index is 0.0697. The first-order chi connectivity index (χ1) is 10.3. The van der Waals surface area contributed by atoms with E-state index < -0.39 is 23.0 Å². The van der Waals surface area contributed by atoms with Crippen molar-refractivity contribution in [3.63, 3.8) is 0 Å². The van der Waals surface area contributed by atoms with Gasteiger partial charge in [-0.15, -0.1) is 0 Å². The van der Waals surface area contributed by atoms with Crippen LogP contribution in [0, 0.1) is 0 Å². The van der Waals surface area contributed by atoms with Crippen molar-refractivity contribution < 1.29 is 13.2 Å². The average Bonchev–Trinajstić information content (AvgIpc) is 2.47. The van der Waals surface area contributed by atoms with Gasteiger partial charge in [-0.1, -0.05) is 0 Å². The SMILES string of the molecule is CCn1c(=O)c(CN)cn(-c2ccc(C(F)(F)F)cc2)c1=O. The Kier molecular flexibility index (Phi) is 4.23. The molecule has 2 N–H and O–H groups in total. The highest BCUT2D eigenvalue weighted by molar-refractivity contribution is 5.36. The Bertz CT molecular complexity index is 789. The summed E-state index contributed by atoms with van der Waals surface area (Å²) in [6, 6.07) is 4.11. The van der Waals surface area contributed by atoms with Crippen molar-refractivity contribution in [1.82, 2.24) is 9.13 Å². The molecule has 0 saturated heterocycles. The Morgan fingerprint density at radius 2 is 1.73 bits per heavy atom. The van der Waals surface area contributed by atoms with Gasteiger partial charge in [-0.3, -0.25) is 13.9 Å². The van der Waals surface area contributed by atoms with E-state index >= 15 is 0 Å². The fraction of sp³-hybridized carbons (Fsp3) is 0.286. The van der Waals surface area contributed by atoms with Crippen molar-refractivity contribution in [2.24, 2.45) is 5.73 Å². The number of alkyl halides is 3. The van der Waals surface area contributed by atoms with Gasteiger partial charge in [0.1, 0.15) is 0 Å². The topological polar surface area (TPSA) is 70.0 Å². The average molecular weight is 313 g/mol. The molecule has 2 aromatic rings. The Morgan fingerprint density at radius 3 is 2.18 bits per heavy atom. The first-order valence-corrected chi connectivity index (χ1v) is 6.52. The number of nitrogens with zero attached hydrogens (tertiary/aromatic N) is 2. The van der Waals surface area contributed by atoms with Crippen LogP contribution in [0.2, 0.25) is 0 Å². The second-order valence-corrected chi connectivity index (χ2v) is 4.61. The molecule has 2 rings (SSSR count). The molecule has 0 radical (unpaired) electrons. The molecule has 0 spiro atoms. The van der Waals surface area contributed by atoms with Crippen LogP contribution in [0.1, 0.15) is 18.1 Å². The molecule has 0 bridgehead atoms. The smallest absolute Gasteiger partial charge is 0.326 e. The number of benzene rings is 1. The molecule has 0 unspecified atom stereocenters. The maximum atomic E-state index is 12.6. The summed E-state index contributed by atoms with van der Waals surface area (Å²) in [6.45, 7) is 1.70. The third-order valence-corrected chi connectivity index (χ3v) is 3.25. The van der Waals surface area contributed by atoms with Crippen LogP contribution in [0.5, 0.6) is 0 Å². The number of halogens is 3. The van der Waals surface area contributed by atoms with E-state index in [2.05, 4.69) is 0 Å². The summed E-state index contributed by atoms with van der Waals surface area (Å²) in [5, 5.41) is 0. The van der Waals surface area contributed by atoms with E-state index in [1.807, 2.05) is 0 Å². The van der Waals surface area contributed by atoms with Gasteiger partial charge in [0.25, 0.3) is 5.56 Å². The zero-order chi connectivity index (χ0) is 16.5. The summed E-state index contributed by atoms with van der Waals surface area (Å²) in [4.78, 5) is 24.2. The molecule has 1 aromatic carbocycles. The summed E-state index contributed by atoms with van der Waals surface area (Å²) in [5.74, 6) is 0. The van der Waals surface area contributed by atoms with Gasteiger partial charge in [0.2, 0.25) is 0 Å². The van der Waals surface area contributed by atoms with Crippen LogP contribution in [0.3, 0.4) is 0 Å². The largest absolute Gasteiger partial charge is 0.416 e. The van der Waals surface area contributed by atoms with Crippen LogP contribution in [-0.4, -0.2) is 9.13 Å². The van der Waals surface area contributed by atoms with E-state index in [4.69, 9.17) is 5.73 Å². The van der Waals surface area contributed by atoms with E-state index in [1.54, 1.807) is 6.92 Å². The number of aromatic nitrogens is 2. The zero-order valence-corrected chi connectivity index (χ0v) is 11.7. The Balaban J connectivity index is 2.63. The predicted octanol–water partition coefficient (Wildman–Crippen LogP) is 1.50. The molecule has 118 valence electrons. The highest BCUT2D eigenvalue weighted by Crippen LogP contribution is 2.29. The second-order valence-electron chi connectivity index (χ2n) is 4.61. The normalized spacial score (nSPS) is 11.7. The van der Waals surface area contributed by atoms with E-state index in [-0.39, 0.29) is 24.3 Å². The minimum Gasteiger partial charge on any atom is -0.326 e. The van der Waals surface area contributed by atoms with Gasteiger partial charge in [-0.25, -0.2) is 4.79 Å². The lowest BCUT2D eigenvalue weighted by atomic mass is 10.2. The van der Waals surface area contributed by atoms with Gasteiger partial charge in [-0.2, -0.15) is 13.2 Å². The van der Waals surface area contributed by atoms with Crippen molar-refractivity contribution in [1.29, 1.82) is 0 Å². The molecule has 22 heavy (non-hydrogen) atoms. The van der Waals surface area contributed by atoms with Gasteiger partial charge >= 0.3 is 11.9 Å². The van der Waals surface area contributed by atoms with Crippen LogP contribution in [0.25, 0.3) is 5.69 Å². The molecular formula is C14H14F3N3O2. The number of hydrogen-bond acceptors (Lipinski definition) is 3. The highest BCUT2D eigenvalue weighted by atomic mass is 19.4. The summed E-state index contributed by atoms with van der Waals surface area (Å²) in [5.41, 5.74) is 3.99. The summed E-state index contributed by atoms with van der Waals surface area (Å²) < 4.78 is 39.8. The molecule has 0 amide bonds. The van der Waals surface area contributed by atoms with Crippen LogP contribution in [-0.2, 0) is 19.3 Å². The van der Waals surface area contributed by atoms with Gasteiger partial charge in [0.15, 0.2) is 0 Å². The van der Waals surface area contributed by atoms with Crippen LogP contribution >= 0.6 is 0 Å². The zero-order valence-electron chi connectivity index (χ0n) is 11.7. The fourth-order valence-electron chi connectivity index (χ4n) is 2.07. The molecule has 0 saturated carbocycles. The number of nitrogens with two attached hydrogens (primary N) is 1. The van der Waals surface area contributed by atoms with Gasteiger partial charge in [-0.05, 0) is 31.2 Å². The van der Waals surface area contributed by atoms with Crippen molar-refractivity contribution in [3.8, 4) is 5.69 Å². The molecule has 0 aliphatic rings. The lowest BCUT2D eigenvalue weighted by Crippen LogP contribution is -2.40. The maximum absolute atomic E-state index is 12.6. The monoisotopic (exact) mass is 313 g/mol. The van der Waals surface area contributed by atoms with Crippen LogP contribution < -0.4 is 17.0 Å². The maximum Gasteiger partial charge on any atom is 0.416 e. The first-order valence-electron chi connectivity index (χ1n) is 6.52. The van der Waals surface area contributed by atoms with Gasteiger partial charge in [0.05, 0.1) is 11.3 Å². The standard InChI is InChI=1S/C14H14F3N3O2/c1-2-19-12(21)9(7-18)8-20(13(19)22)11-5-3-10(4-6-11)14(15,16)17/h3-6,8H,2,7,18H2,1H3. The molecule has 0 aliphatic carbocycles. The lowest BCUT2D eigenvalue weighted by Gasteiger charge is -2.12. The minimum atomic E-state index is -4.45. The van der Waals surface area contributed by atoms with E-state index in [9.17, 15) is 22.8 Å². The summed E-state index contributed by atoms with van der Waals surface area (Å²) in [7, 11) is 0. The molecule has 0 aliphatic heterocycles. The highest BCUT2D eigenvalue weighted by Gasteiger charge is 2.30. The van der Waals surface area contributed by atoms with Gasteiger partial charge in [0, 0.05) is 24.8 Å². The summed E-state index contributed by atoms with van der Waals surface area (Å²) >= 11 is 0. The fourth-order valence-corrected chi connectivity index (χ4v) is 2.07. The predicted molar refractivity (Wildman–Crippen MR) is 74.9 cm³/mol. The van der Waals surface area contributed by atoms with Crippen LogP contribution in [0.15, 0.2) is 40.1 Å². The van der Waals surface area contributed by atoms with E-state index in [1.165, 1.54) is 18.3 Å². The molecule has 0 fully saturated rings. The quantitative estimate of drug-likeness (QED) is 0.933. The van der Waals surface area contributed by atoms with Crippen molar-refractivity contribution in [2.45, 2.75) is 26.2 Å². The van der Waals surface area contributed by atoms with Crippen LogP contribution in [0.4, 0.5) is 13.2 Å². The van der Waals surface area contributed by atoms with E-state index in [0.29, 0.717) is 0 Å². The summed E-state index contributed by atoms with van der Waals surface area (Å²) in [6.07, 6.45) is -3.19. The Labute approximate surface area is 123 Å². The van der Waals surface area contributed by atoms with Crippen molar-refractivity contribution >= 4 is 0 Å². The molecule has 5 nitrogen and oxygen atoms in total. The van der Waals surface area contributed by atoms with Gasteiger partial charge < -0.3 is 5.73 Å².